The van der Waals surface area contributed by atoms with E-state index in [4.69, 9.17) is 0 Å². The second-order valence-corrected chi connectivity index (χ2v) is 10.3. The molecule has 2 rings (SSSR count). The Morgan fingerprint density at radius 3 is 2.12 bits per heavy atom. The number of carbonyl (C=O) groups excluding carboxylic acids is 2. The van der Waals surface area contributed by atoms with Gasteiger partial charge in [0, 0.05) is 26.7 Å². The number of benzene rings is 2. The SMILES string of the molecule is CC[C@@H](C)NC(=O)[C@@H](C)N(Cc1ccccc1)C(=O)CN(c1ccc(F)cc1)S(=O)(=O)N(C)C. The first-order valence-corrected chi connectivity index (χ1v) is 12.5. The number of carbonyl (C=O) groups is 2. The average molecular weight is 493 g/mol. The van der Waals surface area contributed by atoms with Crippen LogP contribution in [-0.4, -0.2) is 62.2 Å². The highest BCUT2D eigenvalue weighted by atomic mass is 32.2. The molecule has 0 saturated heterocycles. The third kappa shape index (κ3) is 7.01. The van der Waals surface area contributed by atoms with E-state index in [1.165, 1.54) is 31.1 Å². The van der Waals surface area contributed by atoms with E-state index in [0.717, 1.165) is 32.7 Å². The van der Waals surface area contributed by atoms with Crippen LogP contribution in [0.4, 0.5) is 10.1 Å². The van der Waals surface area contributed by atoms with E-state index in [-0.39, 0.29) is 24.2 Å². The fourth-order valence-corrected chi connectivity index (χ4v) is 4.21. The molecule has 0 aliphatic heterocycles. The molecule has 0 bridgehead atoms. The highest BCUT2D eigenvalue weighted by Crippen LogP contribution is 2.21. The number of amides is 2. The van der Waals surface area contributed by atoms with Crippen LogP contribution < -0.4 is 9.62 Å². The molecule has 0 spiro atoms. The fourth-order valence-electron chi connectivity index (χ4n) is 3.15. The van der Waals surface area contributed by atoms with Crippen LogP contribution in [0.2, 0.25) is 0 Å². The third-order valence-corrected chi connectivity index (χ3v) is 7.32. The normalized spacial score (nSPS) is 13.3. The van der Waals surface area contributed by atoms with Gasteiger partial charge in [-0.05, 0) is 50.1 Å². The summed E-state index contributed by atoms with van der Waals surface area (Å²) in [4.78, 5) is 27.7. The summed E-state index contributed by atoms with van der Waals surface area (Å²) < 4.78 is 41.4. The quantitative estimate of drug-likeness (QED) is 0.522. The maximum absolute atomic E-state index is 13.5. The van der Waals surface area contributed by atoms with Crippen molar-refractivity contribution in [1.82, 2.24) is 14.5 Å². The van der Waals surface area contributed by atoms with Crippen molar-refractivity contribution in [2.75, 3.05) is 24.9 Å². The number of anilines is 1. The Balaban J connectivity index is 2.41. The molecule has 0 saturated carbocycles. The molecule has 10 heteroatoms. The summed E-state index contributed by atoms with van der Waals surface area (Å²) in [7, 11) is -1.38. The van der Waals surface area contributed by atoms with Crippen LogP contribution in [0.25, 0.3) is 0 Å². The molecule has 2 amide bonds. The molecule has 0 aromatic heterocycles. The van der Waals surface area contributed by atoms with Crippen LogP contribution in [0.1, 0.15) is 32.8 Å². The molecular formula is C24H33FN4O4S. The molecule has 8 nitrogen and oxygen atoms in total. The van der Waals surface area contributed by atoms with E-state index in [1.54, 1.807) is 6.92 Å². The van der Waals surface area contributed by atoms with E-state index in [9.17, 15) is 22.4 Å². The van der Waals surface area contributed by atoms with Crippen molar-refractivity contribution < 1.29 is 22.4 Å². The van der Waals surface area contributed by atoms with Gasteiger partial charge in [0.05, 0.1) is 5.69 Å². The number of hydrogen-bond acceptors (Lipinski definition) is 4. The van der Waals surface area contributed by atoms with Crippen LogP contribution in [0.15, 0.2) is 54.6 Å². The van der Waals surface area contributed by atoms with Crippen LogP contribution in [-0.2, 0) is 26.3 Å². The molecule has 34 heavy (non-hydrogen) atoms. The fraction of sp³-hybridized carbons (Fsp3) is 0.417. The van der Waals surface area contributed by atoms with Crippen molar-refractivity contribution in [3.05, 3.63) is 66.0 Å². The van der Waals surface area contributed by atoms with Gasteiger partial charge in [-0.15, -0.1) is 0 Å². The second-order valence-electron chi connectivity index (χ2n) is 8.27. The minimum Gasteiger partial charge on any atom is -0.352 e. The van der Waals surface area contributed by atoms with Crippen molar-refractivity contribution in [1.29, 1.82) is 0 Å². The molecule has 2 aromatic rings. The molecule has 2 aromatic carbocycles. The first-order chi connectivity index (χ1) is 16.0. The summed E-state index contributed by atoms with van der Waals surface area (Å²) in [6.45, 7) is 4.98. The van der Waals surface area contributed by atoms with Gasteiger partial charge in [-0.2, -0.15) is 12.7 Å². The Morgan fingerprint density at radius 2 is 1.59 bits per heavy atom. The van der Waals surface area contributed by atoms with Crippen LogP contribution in [0.3, 0.4) is 0 Å². The van der Waals surface area contributed by atoms with Crippen LogP contribution in [0, 0.1) is 5.82 Å². The maximum Gasteiger partial charge on any atom is 0.304 e. The number of nitrogens with zero attached hydrogens (tertiary/aromatic N) is 3. The van der Waals surface area contributed by atoms with Gasteiger partial charge < -0.3 is 10.2 Å². The highest BCUT2D eigenvalue weighted by Gasteiger charge is 2.32. The van der Waals surface area contributed by atoms with E-state index in [0.29, 0.717) is 0 Å². The zero-order valence-electron chi connectivity index (χ0n) is 20.2. The summed E-state index contributed by atoms with van der Waals surface area (Å²) in [6.07, 6.45) is 0.727. The van der Waals surface area contributed by atoms with E-state index >= 15 is 0 Å². The zero-order valence-corrected chi connectivity index (χ0v) is 21.0. The molecule has 0 fully saturated rings. The molecular weight excluding hydrogens is 459 g/mol. The van der Waals surface area contributed by atoms with Gasteiger partial charge in [-0.25, -0.2) is 8.70 Å². The Bertz CT molecular complexity index is 1060. The van der Waals surface area contributed by atoms with Gasteiger partial charge in [0.15, 0.2) is 0 Å². The third-order valence-electron chi connectivity index (χ3n) is 5.50. The standard InChI is InChI=1S/C24H33FN4O4S/c1-6-18(2)26-24(31)19(3)28(16-20-10-8-7-9-11-20)23(30)17-29(34(32,33)27(4)5)22-14-12-21(25)13-15-22/h7-15,18-19H,6,16-17H2,1-5H3,(H,26,31)/t18-,19-/m1/s1. The summed E-state index contributed by atoms with van der Waals surface area (Å²) in [5.74, 6) is -1.42. The van der Waals surface area contributed by atoms with Crippen LogP contribution >= 0.6 is 0 Å². The highest BCUT2D eigenvalue weighted by molar-refractivity contribution is 7.90. The number of rotatable bonds is 11. The lowest BCUT2D eigenvalue weighted by molar-refractivity contribution is -0.139. The smallest absolute Gasteiger partial charge is 0.304 e. The second kappa shape index (κ2) is 11.9. The van der Waals surface area contributed by atoms with Crippen molar-refractivity contribution in [3.63, 3.8) is 0 Å². The van der Waals surface area contributed by atoms with Crippen LogP contribution in [0.5, 0.6) is 0 Å². The Hall–Kier alpha value is -2.98. The van der Waals surface area contributed by atoms with Gasteiger partial charge in [-0.1, -0.05) is 37.3 Å². The molecule has 0 aliphatic carbocycles. The average Bonchev–Trinajstić information content (AvgIpc) is 2.81. The monoisotopic (exact) mass is 492 g/mol. The van der Waals surface area contributed by atoms with E-state index in [1.807, 2.05) is 44.2 Å². The molecule has 186 valence electrons. The van der Waals surface area contributed by atoms with Gasteiger partial charge in [0.2, 0.25) is 11.8 Å². The summed E-state index contributed by atoms with van der Waals surface area (Å²) >= 11 is 0. The summed E-state index contributed by atoms with van der Waals surface area (Å²) in [6, 6.07) is 13.1. The summed E-state index contributed by atoms with van der Waals surface area (Å²) in [5, 5.41) is 2.88. The number of nitrogens with one attached hydrogen (secondary N) is 1. The minimum absolute atomic E-state index is 0.0755. The molecule has 2 atom stereocenters. The van der Waals surface area contributed by atoms with Crippen molar-refractivity contribution in [2.24, 2.45) is 0 Å². The lowest BCUT2D eigenvalue weighted by Crippen LogP contribution is -2.53. The van der Waals surface area contributed by atoms with E-state index < -0.39 is 34.5 Å². The maximum atomic E-state index is 13.5. The lowest BCUT2D eigenvalue weighted by atomic mass is 10.1. The van der Waals surface area contributed by atoms with Gasteiger partial charge in [0.25, 0.3) is 0 Å². The van der Waals surface area contributed by atoms with E-state index in [2.05, 4.69) is 5.32 Å². The Kier molecular flexibility index (Phi) is 9.57. The lowest BCUT2D eigenvalue weighted by Gasteiger charge is -2.33. The van der Waals surface area contributed by atoms with Gasteiger partial charge >= 0.3 is 10.2 Å². The molecule has 0 aliphatic rings. The predicted molar refractivity (Wildman–Crippen MR) is 131 cm³/mol. The first kappa shape index (κ1) is 27.3. The minimum atomic E-state index is -4.08. The Morgan fingerprint density at radius 1 is 1.00 bits per heavy atom. The summed E-state index contributed by atoms with van der Waals surface area (Å²) in [5.41, 5.74) is 0.933. The Labute approximate surface area is 201 Å². The van der Waals surface area contributed by atoms with Crippen molar-refractivity contribution >= 4 is 27.7 Å². The zero-order chi connectivity index (χ0) is 25.5. The molecule has 0 unspecified atom stereocenters. The predicted octanol–water partition coefficient (Wildman–Crippen LogP) is 2.77. The van der Waals surface area contributed by atoms with Crippen molar-refractivity contribution in [3.8, 4) is 0 Å². The molecule has 0 heterocycles. The van der Waals surface area contributed by atoms with Crippen molar-refractivity contribution in [2.45, 2.75) is 45.8 Å². The first-order valence-electron chi connectivity index (χ1n) is 11.1. The largest absolute Gasteiger partial charge is 0.352 e. The topological polar surface area (TPSA) is 90.0 Å². The molecule has 1 N–H and O–H groups in total. The number of halogens is 1. The van der Waals surface area contributed by atoms with Gasteiger partial charge in [-0.3, -0.25) is 9.59 Å². The molecule has 0 radical (unpaired) electrons. The number of hydrogen-bond donors (Lipinski definition) is 1. The van der Waals surface area contributed by atoms with Gasteiger partial charge in [0.1, 0.15) is 18.4 Å².